The molecule has 0 spiro atoms. The van der Waals surface area contributed by atoms with E-state index in [0.29, 0.717) is 41.2 Å². The van der Waals surface area contributed by atoms with Crippen molar-refractivity contribution in [1.82, 2.24) is 0 Å². The van der Waals surface area contributed by atoms with Crippen molar-refractivity contribution < 1.29 is 27.4 Å². The lowest BCUT2D eigenvalue weighted by Crippen LogP contribution is -2.22. The Morgan fingerprint density at radius 2 is 1.59 bits per heavy atom. The molecule has 0 aliphatic heterocycles. The standard InChI is InChI=1S/C33H37F3O3/c1-3-5-19-37-26-12-9-24(10-13-26)30-17-11-25(32(35)33(30)36)22-39-27-14-7-23(8-15-27)29-18-16-28(21-31(29)34)38-20-6-4-2/h4,7-8,11,14-18,21,24,26H,2-3,5-6,9-10,12-13,19-20,22H2,1H3. The fourth-order valence-electron chi connectivity index (χ4n) is 4.94. The number of ether oxygens (including phenoxy) is 3. The summed E-state index contributed by atoms with van der Waals surface area (Å²) in [5, 5.41) is 0. The van der Waals surface area contributed by atoms with Crippen LogP contribution in [-0.4, -0.2) is 19.3 Å². The number of hydrogen-bond acceptors (Lipinski definition) is 3. The van der Waals surface area contributed by atoms with Gasteiger partial charge in [-0.15, -0.1) is 6.58 Å². The van der Waals surface area contributed by atoms with Crippen LogP contribution in [0.3, 0.4) is 0 Å². The van der Waals surface area contributed by atoms with Gasteiger partial charge in [-0.3, -0.25) is 0 Å². The van der Waals surface area contributed by atoms with Gasteiger partial charge in [-0.2, -0.15) is 0 Å². The fraction of sp³-hybridized carbons (Fsp3) is 0.394. The van der Waals surface area contributed by atoms with E-state index >= 15 is 4.39 Å². The summed E-state index contributed by atoms with van der Waals surface area (Å²) in [5.41, 5.74) is 1.70. The Labute approximate surface area is 229 Å². The highest BCUT2D eigenvalue weighted by molar-refractivity contribution is 5.65. The molecule has 208 valence electrons. The lowest BCUT2D eigenvalue weighted by Gasteiger charge is -2.29. The van der Waals surface area contributed by atoms with E-state index in [1.54, 1.807) is 54.6 Å². The van der Waals surface area contributed by atoms with Crippen LogP contribution < -0.4 is 9.47 Å². The van der Waals surface area contributed by atoms with Gasteiger partial charge in [0.25, 0.3) is 0 Å². The summed E-state index contributed by atoms with van der Waals surface area (Å²) in [5.74, 6) is -1.09. The first-order valence-corrected chi connectivity index (χ1v) is 13.8. The van der Waals surface area contributed by atoms with Gasteiger partial charge in [0.2, 0.25) is 0 Å². The number of benzene rings is 3. The molecule has 3 nitrogen and oxygen atoms in total. The highest BCUT2D eigenvalue weighted by Gasteiger charge is 2.26. The molecule has 3 aromatic carbocycles. The molecular weight excluding hydrogens is 501 g/mol. The van der Waals surface area contributed by atoms with Crippen LogP contribution in [0.15, 0.2) is 67.3 Å². The highest BCUT2D eigenvalue weighted by atomic mass is 19.2. The van der Waals surface area contributed by atoms with E-state index < -0.39 is 17.5 Å². The second kappa shape index (κ2) is 14.2. The van der Waals surface area contributed by atoms with E-state index in [0.717, 1.165) is 45.1 Å². The maximum atomic E-state index is 15.0. The zero-order valence-electron chi connectivity index (χ0n) is 22.6. The van der Waals surface area contributed by atoms with Gasteiger partial charge >= 0.3 is 0 Å². The molecule has 1 saturated carbocycles. The molecule has 0 aromatic heterocycles. The van der Waals surface area contributed by atoms with Gasteiger partial charge in [-0.05, 0) is 79.8 Å². The third-order valence-corrected chi connectivity index (χ3v) is 7.25. The third-order valence-electron chi connectivity index (χ3n) is 7.25. The SMILES string of the molecule is C=CCCOc1ccc(-c2ccc(OCc3ccc(C4CCC(OCCCC)CC4)c(F)c3F)cc2)c(F)c1. The van der Waals surface area contributed by atoms with Gasteiger partial charge in [-0.1, -0.05) is 43.7 Å². The molecule has 0 saturated heterocycles. The molecular formula is C33H37F3O3. The predicted molar refractivity (Wildman–Crippen MR) is 149 cm³/mol. The Kier molecular flexibility index (Phi) is 10.5. The van der Waals surface area contributed by atoms with Gasteiger partial charge in [0.1, 0.15) is 23.9 Å². The Bertz CT molecular complexity index is 1220. The van der Waals surface area contributed by atoms with Crippen LogP contribution >= 0.6 is 0 Å². The smallest absolute Gasteiger partial charge is 0.165 e. The fourth-order valence-corrected chi connectivity index (χ4v) is 4.94. The third kappa shape index (κ3) is 7.66. The van der Waals surface area contributed by atoms with Gasteiger partial charge in [0.05, 0.1) is 12.7 Å². The summed E-state index contributed by atoms with van der Waals surface area (Å²) in [7, 11) is 0. The number of hydrogen-bond donors (Lipinski definition) is 0. The normalized spacial score (nSPS) is 17.1. The lowest BCUT2D eigenvalue weighted by atomic mass is 9.82. The quantitative estimate of drug-likeness (QED) is 0.160. The van der Waals surface area contributed by atoms with Crippen molar-refractivity contribution in [2.75, 3.05) is 13.2 Å². The van der Waals surface area contributed by atoms with Crippen molar-refractivity contribution in [3.63, 3.8) is 0 Å². The van der Waals surface area contributed by atoms with Crippen molar-refractivity contribution in [2.45, 2.75) is 70.5 Å². The lowest BCUT2D eigenvalue weighted by molar-refractivity contribution is 0.0230. The molecule has 0 bridgehead atoms. The van der Waals surface area contributed by atoms with E-state index in [4.69, 9.17) is 14.2 Å². The van der Waals surface area contributed by atoms with E-state index in [9.17, 15) is 8.78 Å². The summed E-state index contributed by atoms with van der Waals surface area (Å²) in [6, 6.07) is 14.9. The largest absolute Gasteiger partial charge is 0.493 e. The first-order chi connectivity index (χ1) is 19.0. The Hall–Kier alpha value is -3.25. The average molecular weight is 539 g/mol. The number of halogens is 3. The second-order valence-corrected chi connectivity index (χ2v) is 10.0. The minimum atomic E-state index is -0.858. The maximum absolute atomic E-state index is 15.0. The summed E-state index contributed by atoms with van der Waals surface area (Å²) >= 11 is 0. The van der Waals surface area contributed by atoms with Crippen molar-refractivity contribution in [3.05, 3.63) is 95.8 Å². The van der Waals surface area contributed by atoms with Gasteiger partial charge in [-0.25, -0.2) is 13.2 Å². The van der Waals surface area contributed by atoms with Crippen LogP contribution in [-0.2, 0) is 11.3 Å². The van der Waals surface area contributed by atoms with Crippen molar-refractivity contribution in [1.29, 1.82) is 0 Å². The second-order valence-electron chi connectivity index (χ2n) is 10.0. The Morgan fingerprint density at radius 1 is 0.846 bits per heavy atom. The van der Waals surface area contributed by atoms with Gasteiger partial charge in [0.15, 0.2) is 11.6 Å². The van der Waals surface area contributed by atoms with Crippen LogP contribution in [0.25, 0.3) is 11.1 Å². The van der Waals surface area contributed by atoms with Gasteiger partial charge < -0.3 is 14.2 Å². The first kappa shape index (κ1) is 28.8. The summed E-state index contributed by atoms with van der Waals surface area (Å²) in [6.45, 7) is 6.87. The van der Waals surface area contributed by atoms with E-state index in [-0.39, 0.29) is 24.2 Å². The molecule has 3 aromatic rings. The van der Waals surface area contributed by atoms with Crippen LogP contribution in [0, 0.1) is 17.5 Å². The van der Waals surface area contributed by atoms with Gasteiger partial charge in [0, 0.05) is 23.8 Å². The molecule has 1 aliphatic carbocycles. The van der Waals surface area contributed by atoms with E-state index in [1.807, 2.05) is 0 Å². The predicted octanol–water partition coefficient (Wildman–Crippen LogP) is 9.15. The maximum Gasteiger partial charge on any atom is 0.165 e. The molecule has 6 heteroatoms. The first-order valence-electron chi connectivity index (χ1n) is 13.8. The number of rotatable bonds is 13. The molecule has 1 fully saturated rings. The summed E-state index contributed by atoms with van der Waals surface area (Å²) < 4.78 is 61.7. The van der Waals surface area contributed by atoms with Crippen molar-refractivity contribution in [3.8, 4) is 22.6 Å². The molecule has 0 atom stereocenters. The average Bonchev–Trinajstić information content (AvgIpc) is 2.95. The summed E-state index contributed by atoms with van der Waals surface area (Å²) in [4.78, 5) is 0. The van der Waals surface area contributed by atoms with Crippen molar-refractivity contribution in [2.24, 2.45) is 0 Å². The van der Waals surface area contributed by atoms with E-state index in [1.165, 1.54) is 6.07 Å². The molecule has 0 unspecified atom stereocenters. The van der Waals surface area contributed by atoms with Crippen LogP contribution in [0.4, 0.5) is 13.2 Å². The van der Waals surface area contributed by atoms with Crippen LogP contribution in [0.1, 0.15) is 68.9 Å². The highest BCUT2D eigenvalue weighted by Crippen LogP contribution is 2.36. The molecule has 0 heterocycles. The molecule has 39 heavy (non-hydrogen) atoms. The minimum absolute atomic E-state index is 0.00112. The Morgan fingerprint density at radius 3 is 2.28 bits per heavy atom. The number of unbranched alkanes of at least 4 members (excludes halogenated alkanes) is 1. The molecule has 1 aliphatic rings. The van der Waals surface area contributed by atoms with Crippen LogP contribution in [0.5, 0.6) is 11.5 Å². The molecule has 4 rings (SSSR count). The van der Waals surface area contributed by atoms with Crippen LogP contribution in [0.2, 0.25) is 0 Å². The monoisotopic (exact) mass is 538 g/mol. The minimum Gasteiger partial charge on any atom is -0.493 e. The van der Waals surface area contributed by atoms with Crippen molar-refractivity contribution >= 4 is 0 Å². The molecule has 0 N–H and O–H groups in total. The Balaban J connectivity index is 1.33. The zero-order chi connectivity index (χ0) is 27.6. The van der Waals surface area contributed by atoms with E-state index in [2.05, 4.69) is 13.5 Å². The molecule has 0 radical (unpaired) electrons. The summed E-state index contributed by atoms with van der Waals surface area (Å²) in [6.07, 6.45) is 8.11. The zero-order valence-corrected chi connectivity index (χ0v) is 22.6. The molecule has 0 amide bonds. The topological polar surface area (TPSA) is 27.7 Å².